The number of nitriles is 1. The lowest BCUT2D eigenvalue weighted by atomic mass is 10.1. The van der Waals surface area contributed by atoms with E-state index in [9.17, 15) is 9.90 Å². The molecule has 0 radical (unpaired) electrons. The van der Waals surface area contributed by atoms with Crippen LogP contribution in [0.1, 0.15) is 16.8 Å². The van der Waals surface area contributed by atoms with Crippen molar-refractivity contribution >= 4 is 10.8 Å². The van der Waals surface area contributed by atoms with Gasteiger partial charge in [-0.2, -0.15) is 5.26 Å². The number of benzene rings is 3. The molecule has 0 amide bonds. The Bertz CT molecular complexity index is 1510. The summed E-state index contributed by atoms with van der Waals surface area (Å²) in [4.78, 5) is 17.4. The van der Waals surface area contributed by atoms with Crippen molar-refractivity contribution in [1.82, 2.24) is 18.7 Å². The Balaban J connectivity index is 1.48. The van der Waals surface area contributed by atoms with Gasteiger partial charge in [-0.05, 0) is 29.1 Å². The Morgan fingerprint density at radius 2 is 1.75 bits per heavy atom. The second kappa shape index (κ2) is 7.93. The summed E-state index contributed by atoms with van der Waals surface area (Å²) in [6.45, 7) is 0.722. The fourth-order valence-corrected chi connectivity index (χ4v) is 3.87. The van der Waals surface area contributed by atoms with Crippen LogP contribution in [0.2, 0.25) is 0 Å². The smallest absolute Gasteiger partial charge is 0.336 e. The van der Waals surface area contributed by atoms with Crippen LogP contribution in [0, 0.1) is 11.3 Å². The fourth-order valence-electron chi connectivity index (χ4n) is 3.87. The van der Waals surface area contributed by atoms with Gasteiger partial charge in [0.15, 0.2) is 0 Å². The van der Waals surface area contributed by atoms with Gasteiger partial charge in [0.1, 0.15) is 0 Å². The molecule has 0 aliphatic carbocycles. The number of aromatic hydroxyl groups is 1. The highest BCUT2D eigenvalue weighted by atomic mass is 16.3. The van der Waals surface area contributed by atoms with Gasteiger partial charge >= 0.3 is 5.69 Å². The van der Waals surface area contributed by atoms with Gasteiger partial charge in [0.2, 0.25) is 5.88 Å². The van der Waals surface area contributed by atoms with Gasteiger partial charge in [0, 0.05) is 18.1 Å². The molecule has 0 atom stereocenters. The maximum Gasteiger partial charge on any atom is 0.336 e. The van der Waals surface area contributed by atoms with E-state index in [0.29, 0.717) is 17.8 Å². The van der Waals surface area contributed by atoms with Gasteiger partial charge in [-0.3, -0.25) is 9.13 Å². The van der Waals surface area contributed by atoms with Crippen molar-refractivity contribution in [3.05, 3.63) is 113 Å². The van der Waals surface area contributed by atoms with Crippen LogP contribution in [0.25, 0.3) is 16.5 Å². The second-order valence-electron chi connectivity index (χ2n) is 7.55. The molecular formula is C25H19N5O2. The summed E-state index contributed by atoms with van der Waals surface area (Å²) in [5.41, 5.74) is 2.78. The summed E-state index contributed by atoms with van der Waals surface area (Å²) < 4.78 is 4.72. The number of aromatic nitrogens is 4. The molecule has 3 aromatic carbocycles. The lowest BCUT2D eigenvalue weighted by Crippen LogP contribution is -2.24. The number of imidazole rings is 2. The predicted molar refractivity (Wildman–Crippen MR) is 121 cm³/mol. The zero-order chi connectivity index (χ0) is 22.1. The molecule has 0 bridgehead atoms. The molecule has 32 heavy (non-hydrogen) atoms. The van der Waals surface area contributed by atoms with E-state index in [2.05, 4.69) is 11.1 Å². The van der Waals surface area contributed by atoms with Crippen LogP contribution in [-0.4, -0.2) is 23.8 Å². The molecule has 0 fully saturated rings. The zero-order valence-electron chi connectivity index (χ0n) is 17.1. The first-order chi connectivity index (χ1) is 15.6. The molecular weight excluding hydrogens is 402 g/mol. The lowest BCUT2D eigenvalue weighted by Gasteiger charge is -2.09. The van der Waals surface area contributed by atoms with Crippen LogP contribution in [0.15, 0.2) is 90.2 Å². The van der Waals surface area contributed by atoms with Crippen molar-refractivity contribution in [3.63, 3.8) is 0 Å². The SMILES string of the molecule is N#Cc1ccc(Cn2cncc2Cn2c(O)cn(-c3cccc4ccccc34)c2=O)cc1. The first kappa shape index (κ1) is 19.4. The highest BCUT2D eigenvalue weighted by molar-refractivity contribution is 5.90. The monoisotopic (exact) mass is 421 g/mol. The number of hydrogen-bond acceptors (Lipinski definition) is 4. The Labute approximate surface area is 183 Å². The second-order valence-corrected chi connectivity index (χ2v) is 7.55. The summed E-state index contributed by atoms with van der Waals surface area (Å²) in [6, 6.07) is 23.0. The molecule has 7 nitrogen and oxygen atoms in total. The van der Waals surface area contributed by atoms with E-state index < -0.39 is 0 Å². The third kappa shape index (κ3) is 3.44. The van der Waals surface area contributed by atoms with E-state index in [1.807, 2.05) is 59.2 Å². The van der Waals surface area contributed by atoms with Crippen molar-refractivity contribution < 1.29 is 5.11 Å². The average Bonchev–Trinajstić information content (AvgIpc) is 3.38. The molecule has 156 valence electrons. The minimum Gasteiger partial charge on any atom is -0.493 e. The van der Waals surface area contributed by atoms with Crippen molar-refractivity contribution in [2.45, 2.75) is 13.1 Å². The maximum absolute atomic E-state index is 13.2. The van der Waals surface area contributed by atoms with Crippen molar-refractivity contribution in [1.29, 1.82) is 5.26 Å². The van der Waals surface area contributed by atoms with Gasteiger partial charge in [-0.1, -0.05) is 48.5 Å². The van der Waals surface area contributed by atoms with Gasteiger partial charge < -0.3 is 9.67 Å². The third-order valence-corrected chi connectivity index (χ3v) is 5.54. The van der Waals surface area contributed by atoms with E-state index in [1.54, 1.807) is 24.7 Å². The van der Waals surface area contributed by atoms with Crippen LogP contribution in [0.3, 0.4) is 0 Å². The minimum atomic E-state index is -0.329. The molecule has 1 N–H and O–H groups in total. The van der Waals surface area contributed by atoms with Crippen LogP contribution in [0.5, 0.6) is 5.88 Å². The van der Waals surface area contributed by atoms with Crippen LogP contribution in [0.4, 0.5) is 0 Å². The molecule has 0 saturated heterocycles. The van der Waals surface area contributed by atoms with E-state index >= 15 is 0 Å². The molecule has 5 aromatic rings. The maximum atomic E-state index is 13.2. The number of nitrogens with zero attached hydrogens (tertiary/aromatic N) is 5. The molecule has 2 aromatic heterocycles. The predicted octanol–water partition coefficient (Wildman–Crippen LogP) is 3.66. The first-order valence-electron chi connectivity index (χ1n) is 10.1. The Morgan fingerprint density at radius 1 is 0.969 bits per heavy atom. The van der Waals surface area contributed by atoms with Gasteiger partial charge in [-0.25, -0.2) is 9.78 Å². The first-order valence-corrected chi connectivity index (χ1v) is 10.1. The standard InChI is InChI=1S/C25H19N5O2/c26-12-18-8-10-19(11-9-18)14-28-17-27-13-21(28)15-30-24(31)16-29(25(30)32)23-7-3-5-20-4-1-2-6-22(20)23/h1-11,13,16-17,31H,14-15H2. The van der Waals surface area contributed by atoms with Crippen LogP contribution >= 0.6 is 0 Å². The van der Waals surface area contributed by atoms with Crippen LogP contribution in [-0.2, 0) is 13.1 Å². The van der Waals surface area contributed by atoms with Gasteiger partial charge in [0.25, 0.3) is 0 Å². The topological polar surface area (TPSA) is 88.8 Å². The van der Waals surface area contributed by atoms with Crippen LogP contribution < -0.4 is 5.69 Å². The quantitative estimate of drug-likeness (QED) is 0.469. The number of hydrogen-bond donors (Lipinski definition) is 1. The zero-order valence-corrected chi connectivity index (χ0v) is 17.1. The third-order valence-electron chi connectivity index (χ3n) is 5.54. The van der Waals surface area contributed by atoms with E-state index in [-0.39, 0.29) is 18.1 Å². The Kier molecular flexibility index (Phi) is 4.81. The highest BCUT2D eigenvalue weighted by Crippen LogP contribution is 2.23. The summed E-state index contributed by atoms with van der Waals surface area (Å²) in [5, 5.41) is 21.5. The molecule has 2 heterocycles. The number of fused-ring (bicyclic) bond motifs is 1. The molecule has 5 rings (SSSR count). The van der Waals surface area contributed by atoms with Gasteiger partial charge in [0.05, 0.1) is 42.1 Å². The van der Waals surface area contributed by atoms with E-state index in [0.717, 1.165) is 22.0 Å². The molecule has 0 saturated carbocycles. The fraction of sp³-hybridized carbons (Fsp3) is 0.0800. The van der Waals surface area contributed by atoms with Crippen molar-refractivity contribution in [2.24, 2.45) is 0 Å². The molecule has 0 spiro atoms. The molecule has 7 heteroatoms. The molecule has 0 aliphatic heterocycles. The Hall–Kier alpha value is -4.57. The van der Waals surface area contributed by atoms with Crippen molar-refractivity contribution in [3.8, 4) is 17.6 Å². The summed E-state index contributed by atoms with van der Waals surface area (Å²) >= 11 is 0. The largest absolute Gasteiger partial charge is 0.493 e. The summed E-state index contributed by atoms with van der Waals surface area (Å²) in [7, 11) is 0. The molecule has 0 unspecified atom stereocenters. The highest BCUT2D eigenvalue weighted by Gasteiger charge is 2.15. The molecule has 0 aliphatic rings. The van der Waals surface area contributed by atoms with Gasteiger partial charge in [-0.15, -0.1) is 0 Å². The normalized spacial score (nSPS) is 11.0. The minimum absolute atomic E-state index is 0.117. The van der Waals surface area contributed by atoms with E-state index in [4.69, 9.17) is 5.26 Å². The Morgan fingerprint density at radius 3 is 2.56 bits per heavy atom. The summed E-state index contributed by atoms with van der Waals surface area (Å²) in [5.74, 6) is -0.117. The van der Waals surface area contributed by atoms with Crippen molar-refractivity contribution in [2.75, 3.05) is 0 Å². The number of rotatable bonds is 5. The average molecular weight is 421 g/mol. The summed E-state index contributed by atoms with van der Waals surface area (Å²) in [6.07, 6.45) is 4.83. The van der Waals surface area contributed by atoms with E-state index in [1.165, 1.54) is 15.3 Å². The lowest BCUT2D eigenvalue weighted by molar-refractivity contribution is 0.419.